The minimum atomic E-state index is -4.11. The molecule has 0 unspecified atom stereocenters. The molecule has 0 aliphatic carbocycles. The maximum absolute atomic E-state index is 14.4. The smallest absolute Gasteiger partial charge is 0.264 e. The molecule has 160 valence electrons. The summed E-state index contributed by atoms with van der Waals surface area (Å²) < 4.78 is 42.0. The monoisotopic (exact) mass is 478 g/mol. The normalized spacial score (nSPS) is 11.1. The van der Waals surface area contributed by atoms with Gasteiger partial charge < -0.3 is 5.32 Å². The molecule has 31 heavy (non-hydrogen) atoms. The number of para-hydroxylation sites is 1. The Balaban J connectivity index is 2.00. The zero-order valence-corrected chi connectivity index (χ0v) is 18.4. The van der Waals surface area contributed by atoms with Crippen LogP contribution in [0.4, 0.5) is 15.8 Å². The van der Waals surface area contributed by atoms with Crippen molar-refractivity contribution in [2.24, 2.45) is 0 Å². The highest BCUT2D eigenvalue weighted by Crippen LogP contribution is 2.28. The van der Waals surface area contributed by atoms with Crippen LogP contribution in [0.2, 0.25) is 10.0 Å². The molecule has 0 heterocycles. The predicted molar refractivity (Wildman–Crippen MR) is 122 cm³/mol. The van der Waals surface area contributed by atoms with Crippen molar-refractivity contribution in [2.75, 3.05) is 16.2 Å². The molecule has 0 fully saturated rings. The lowest BCUT2D eigenvalue weighted by Crippen LogP contribution is -2.31. The van der Waals surface area contributed by atoms with E-state index in [1.54, 1.807) is 30.3 Å². The fourth-order valence-corrected chi connectivity index (χ4v) is 4.60. The first-order valence-electron chi connectivity index (χ1n) is 8.98. The summed E-state index contributed by atoms with van der Waals surface area (Å²) in [5.41, 5.74) is 0.122. The van der Waals surface area contributed by atoms with Crippen molar-refractivity contribution in [3.8, 4) is 0 Å². The molecular formula is C22H17Cl2FN2O3S. The number of rotatable bonds is 7. The first kappa shape index (κ1) is 22.8. The first-order valence-corrected chi connectivity index (χ1v) is 11.2. The molecule has 0 atom stereocenters. The molecule has 1 N–H and O–H groups in total. The summed E-state index contributed by atoms with van der Waals surface area (Å²) in [6.07, 6.45) is 1.43. The lowest BCUT2D eigenvalue weighted by molar-refractivity contribution is 0.102. The number of carbonyl (C=O) groups is 1. The van der Waals surface area contributed by atoms with Gasteiger partial charge in [0.2, 0.25) is 0 Å². The second-order valence-electron chi connectivity index (χ2n) is 6.38. The fraction of sp³-hybridized carbons (Fsp3) is 0.0455. The van der Waals surface area contributed by atoms with E-state index in [9.17, 15) is 17.6 Å². The number of hydrogen-bond donors (Lipinski definition) is 1. The molecule has 0 spiro atoms. The van der Waals surface area contributed by atoms with E-state index in [1.165, 1.54) is 24.3 Å². The largest absolute Gasteiger partial charge is 0.320 e. The quantitative estimate of drug-likeness (QED) is 0.438. The molecule has 0 aliphatic rings. The van der Waals surface area contributed by atoms with Crippen molar-refractivity contribution >= 4 is 50.5 Å². The van der Waals surface area contributed by atoms with Crippen LogP contribution in [0.1, 0.15) is 10.4 Å². The van der Waals surface area contributed by atoms with Crippen LogP contribution < -0.4 is 9.62 Å². The topological polar surface area (TPSA) is 66.5 Å². The molecule has 0 aromatic heterocycles. The third-order valence-electron chi connectivity index (χ3n) is 4.29. The number of benzene rings is 3. The van der Waals surface area contributed by atoms with Crippen molar-refractivity contribution in [1.82, 2.24) is 0 Å². The Morgan fingerprint density at radius 2 is 1.77 bits per heavy atom. The maximum Gasteiger partial charge on any atom is 0.264 e. The summed E-state index contributed by atoms with van der Waals surface area (Å²) in [6, 6.07) is 15.8. The summed E-state index contributed by atoms with van der Waals surface area (Å²) in [5.74, 6) is -1.75. The molecule has 9 heteroatoms. The Hall–Kier alpha value is -2.87. The highest BCUT2D eigenvalue weighted by Gasteiger charge is 2.26. The second kappa shape index (κ2) is 9.51. The van der Waals surface area contributed by atoms with E-state index in [2.05, 4.69) is 11.9 Å². The summed E-state index contributed by atoms with van der Waals surface area (Å²) in [7, 11) is -4.11. The molecule has 3 aromatic rings. The van der Waals surface area contributed by atoms with E-state index in [0.717, 1.165) is 22.5 Å². The molecule has 3 rings (SSSR count). The minimum absolute atomic E-state index is 0.0105. The van der Waals surface area contributed by atoms with Crippen LogP contribution in [-0.4, -0.2) is 20.9 Å². The number of carbonyl (C=O) groups excluding carboxylic acids is 1. The van der Waals surface area contributed by atoms with Crippen molar-refractivity contribution in [2.45, 2.75) is 4.90 Å². The number of hydrogen-bond acceptors (Lipinski definition) is 3. The predicted octanol–water partition coefficient (Wildman–Crippen LogP) is 5.77. The average Bonchev–Trinajstić information content (AvgIpc) is 2.75. The third kappa shape index (κ3) is 5.07. The number of anilines is 2. The number of amides is 1. The summed E-state index contributed by atoms with van der Waals surface area (Å²) in [5, 5.41) is 2.97. The van der Waals surface area contributed by atoms with Gasteiger partial charge in [0.15, 0.2) is 0 Å². The van der Waals surface area contributed by atoms with Crippen LogP contribution in [0.25, 0.3) is 0 Å². The average molecular weight is 479 g/mol. The Kier molecular flexibility index (Phi) is 7.00. The number of halogens is 3. The van der Waals surface area contributed by atoms with Crippen LogP contribution in [0.15, 0.2) is 84.3 Å². The van der Waals surface area contributed by atoms with E-state index in [0.29, 0.717) is 10.7 Å². The molecular weight excluding hydrogens is 462 g/mol. The van der Waals surface area contributed by atoms with E-state index < -0.39 is 27.3 Å². The Bertz CT molecular complexity index is 1230. The lowest BCUT2D eigenvalue weighted by Gasteiger charge is -2.23. The number of sulfonamides is 1. The Morgan fingerprint density at radius 1 is 1.06 bits per heavy atom. The van der Waals surface area contributed by atoms with Gasteiger partial charge in [-0.2, -0.15) is 0 Å². The molecule has 3 aromatic carbocycles. The van der Waals surface area contributed by atoms with Crippen LogP contribution in [-0.2, 0) is 10.0 Å². The van der Waals surface area contributed by atoms with Crippen molar-refractivity contribution in [1.29, 1.82) is 0 Å². The van der Waals surface area contributed by atoms with Crippen molar-refractivity contribution < 1.29 is 17.6 Å². The van der Waals surface area contributed by atoms with Crippen LogP contribution in [0.5, 0.6) is 0 Å². The van der Waals surface area contributed by atoms with E-state index in [-0.39, 0.29) is 22.2 Å². The second-order valence-corrected chi connectivity index (χ2v) is 9.09. The van der Waals surface area contributed by atoms with Gasteiger partial charge in [-0.25, -0.2) is 12.8 Å². The van der Waals surface area contributed by atoms with E-state index >= 15 is 0 Å². The van der Waals surface area contributed by atoms with E-state index in [1.807, 2.05) is 0 Å². The minimum Gasteiger partial charge on any atom is -0.320 e. The molecule has 0 bridgehead atoms. The van der Waals surface area contributed by atoms with Crippen LogP contribution in [0, 0.1) is 5.82 Å². The van der Waals surface area contributed by atoms with Crippen LogP contribution >= 0.6 is 23.2 Å². The standard InChI is InChI=1S/C22H17Cl2FN2O3S/c1-2-12-27(16-6-4-3-5-7-16)31(29,30)17-9-11-20(25)18(14-17)22(28)26-21-13-15(23)8-10-19(21)24/h2-11,13-14H,1,12H2,(H,26,28). The van der Waals surface area contributed by atoms with Crippen molar-refractivity contribution in [3.05, 3.63) is 101 Å². The highest BCUT2D eigenvalue weighted by atomic mass is 35.5. The van der Waals surface area contributed by atoms with Gasteiger partial charge in [0.05, 0.1) is 33.4 Å². The highest BCUT2D eigenvalue weighted by molar-refractivity contribution is 7.92. The van der Waals surface area contributed by atoms with Gasteiger partial charge in [-0.3, -0.25) is 9.10 Å². The fourth-order valence-electron chi connectivity index (χ4n) is 2.80. The van der Waals surface area contributed by atoms with Gasteiger partial charge >= 0.3 is 0 Å². The summed E-state index contributed by atoms with van der Waals surface area (Å²) >= 11 is 11.9. The van der Waals surface area contributed by atoms with Crippen LogP contribution in [0.3, 0.4) is 0 Å². The van der Waals surface area contributed by atoms with Gasteiger partial charge in [-0.15, -0.1) is 6.58 Å². The first-order chi connectivity index (χ1) is 14.7. The molecule has 0 saturated carbocycles. The zero-order valence-electron chi connectivity index (χ0n) is 16.1. The van der Waals surface area contributed by atoms with Gasteiger partial charge in [0.25, 0.3) is 15.9 Å². The Labute approximate surface area is 189 Å². The summed E-state index contributed by atoms with van der Waals surface area (Å²) in [6.45, 7) is 3.59. The molecule has 0 saturated heterocycles. The van der Waals surface area contributed by atoms with Gasteiger partial charge in [-0.05, 0) is 48.5 Å². The van der Waals surface area contributed by atoms with E-state index in [4.69, 9.17) is 23.2 Å². The van der Waals surface area contributed by atoms with Gasteiger partial charge in [-0.1, -0.05) is 47.5 Å². The number of nitrogens with zero attached hydrogens (tertiary/aromatic N) is 1. The summed E-state index contributed by atoms with van der Waals surface area (Å²) in [4.78, 5) is 12.4. The number of nitrogens with one attached hydrogen (secondary N) is 1. The third-order valence-corrected chi connectivity index (χ3v) is 6.64. The molecule has 0 radical (unpaired) electrons. The lowest BCUT2D eigenvalue weighted by atomic mass is 10.2. The molecule has 1 amide bonds. The SMILES string of the molecule is C=CCN(c1ccccc1)S(=O)(=O)c1ccc(F)c(C(=O)Nc2cc(Cl)ccc2Cl)c1. The van der Waals surface area contributed by atoms with Crippen molar-refractivity contribution in [3.63, 3.8) is 0 Å². The van der Waals surface area contributed by atoms with Gasteiger partial charge in [0.1, 0.15) is 5.82 Å². The Morgan fingerprint density at radius 3 is 2.45 bits per heavy atom. The maximum atomic E-state index is 14.4. The zero-order chi connectivity index (χ0) is 22.6. The molecule has 5 nitrogen and oxygen atoms in total. The van der Waals surface area contributed by atoms with Gasteiger partial charge in [0, 0.05) is 5.02 Å². The molecule has 0 aliphatic heterocycles.